The fraction of sp³-hybridized carbons (Fsp3) is 0.833. The highest BCUT2D eigenvalue weighted by atomic mass is 16.4. The van der Waals surface area contributed by atoms with Crippen molar-refractivity contribution in [3.05, 3.63) is 0 Å². The molecule has 0 bridgehead atoms. The maximum Gasteiger partial charge on any atom is 0.204 e. The first kappa shape index (κ1) is 15.2. The Morgan fingerprint density at radius 1 is 1.11 bits per heavy atom. The molecule has 0 aliphatic heterocycles. The summed E-state index contributed by atoms with van der Waals surface area (Å²) < 4.78 is 0. The van der Waals surface area contributed by atoms with Gasteiger partial charge < -0.3 is 20.4 Å². The normalized spacial score (nSPS) is 31.1. The van der Waals surface area contributed by atoms with Crippen molar-refractivity contribution in [3.8, 4) is 0 Å². The van der Waals surface area contributed by atoms with Crippen molar-refractivity contribution in [3.63, 3.8) is 0 Å². The molecule has 18 heavy (non-hydrogen) atoms. The highest BCUT2D eigenvalue weighted by Gasteiger charge is 2.76. The first-order valence-corrected chi connectivity index (χ1v) is 5.85. The van der Waals surface area contributed by atoms with Gasteiger partial charge in [-0.1, -0.05) is 13.8 Å². The van der Waals surface area contributed by atoms with Crippen molar-refractivity contribution in [1.29, 1.82) is 0 Å². The number of carbonyl (C=O) groups excluding carboxylic acids is 2. The zero-order valence-electron chi connectivity index (χ0n) is 10.9. The van der Waals surface area contributed by atoms with Crippen LogP contribution in [0, 0.1) is 11.3 Å². The Morgan fingerprint density at radius 2 is 1.50 bits per heavy atom. The summed E-state index contributed by atoms with van der Waals surface area (Å²) in [5.74, 6) is -2.23. The molecule has 0 heterocycles. The fourth-order valence-corrected chi connectivity index (χ4v) is 1.97. The molecule has 0 aromatic carbocycles. The lowest BCUT2D eigenvalue weighted by Gasteiger charge is -2.26. The monoisotopic (exact) mass is 260 g/mol. The predicted octanol–water partition coefficient (Wildman–Crippen LogP) is -1.37. The number of carbonyl (C=O) groups is 2. The van der Waals surface area contributed by atoms with Gasteiger partial charge in [-0.05, 0) is 19.8 Å². The molecule has 0 aromatic heterocycles. The lowest BCUT2D eigenvalue weighted by molar-refractivity contribution is -0.153. The molecule has 0 spiro atoms. The van der Waals surface area contributed by atoms with E-state index < -0.39 is 40.9 Å². The van der Waals surface area contributed by atoms with Crippen LogP contribution in [0.15, 0.2) is 0 Å². The molecule has 6 nitrogen and oxygen atoms in total. The van der Waals surface area contributed by atoms with Crippen LogP contribution in [0.1, 0.15) is 27.7 Å². The molecular formula is C12H20O6. The van der Waals surface area contributed by atoms with E-state index in [0.29, 0.717) is 0 Å². The molecule has 1 unspecified atom stereocenters. The maximum absolute atomic E-state index is 11.8. The molecule has 6 heteroatoms. The minimum atomic E-state index is -2.26. The molecule has 0 amide bonds. The van der Waals surface area contributed by atoms with E-state index in [0.717, 1.165) is 0 Å². The zero-order valence-corrected chi connectivity index (χ0v) is 10.9. The van der Waals surface area contributed by atoms with E-state index in [-0.39, 0.29) is 5.92 Å². The Bertz CT molecular complexity index is 375. The van der Waals surface area contributed by atoms with Crippen LogP contribution in [0.4, 0.5) is 0 Å². The van der Waals surface area contributed by atoms with E-state index in [4.69, 9.17) is 0 Å². The molecule has 4 N–H and O–H groups in total. The third kappa shape index (κ3) is 1.89. The third-order valence-corrected chi connectivity index (χ3v) is 3.72. The van der Waals surface area contributed by atoms with Crippen molar-refractivity contribution >= 4 is 11.6 Å². The summed E-state index contributed by atoms with van der Waals surface area (Å²) in [6.45, 7) is 5.97. The van der Waals surface area contributed by atoms with Crippen molar-refractivity contribution in [1.82, 2.24) is 0 Å². The summed E-state index contributed by atoms with van der Waals surface area (Å²) in [5, 5.41) is 38.7. The van der Waals surface area contributed by atoms with Gasteiger partial charge in [0.25, 0.3) is 0 Å². The van der Waals surface area contributed by atoms with Gasteiger partial charge >= 0.3 is 0 Å². The largest absolute Gasteiger partial charge is 0.390 e. The van der Waals surface area contributed by atoms with Gasteiger partial charge in [0.2, 0.25) is 5.78 Å². The maximum atomic E-state index is 11.8. The van der Waals surface area contributed by atoms with Crippen LogP contribution in [-0.2, 0) is 9.59 Å². The van der Waals surface area contributed by atoms with E-state index in [9.17, 15) is 30.0 Å². The minimum Gasteiger partial charge on any atom is -0.390 e. The van der Waals surface area contributed by atoms with Crippen LogP contribution in [0.25, 0.3) is 0 Å². The standard InChI is InChI=1S/C12H20O6/c1-5(2)6(13)7(14)8(15)9(16)12(18)10(17)11(12,3)4/h5-8,13-15,18H,1-4H3/t6?,7-,8-,12+/m1/s1. The van der Waals surface area contributed by atoms with E-state index in [1.807, 2.05) is 0 Å². The summed E-state index contributed by atoms with van der Waals surface area (Å²) in [4.78, 5) is 23.2. The van der Waals surface area contributed by atoms with Gasteiger partial charge in [-0.25, -0.2) is 0 Å². The Labute approximate surface area is 105 Å². The van der Waals surface area contributed by atoms with Crippen LogP contribution >= 0.6 is 0 Å². The molecule has 104 valence electrons. The Hall–Kier alpha value is -0.820. The van der Waals surface area contributed by atoms with Crippen LogP contribution in [-0.4, -0.2) is 55.9 Å². The predicted molar refractivity (Wildman–Crippen MR) is 61.6 cm³/mol. The van der Waals surface area contributed by atoms with Gasteiger partial charge in [-0.15, -0.1) is 0 Å². The molecule has 1 rings (SSSR count). The van der Waals surface area contributed by atoms with E-state index in [2.05, 4.69) is 0 Å². The second-order valence-corrected chi connectivity index (χ2v) is 5.70. The van der Waals surface area contributed by atoms with Gasteiger partial charge in [-0.2, -0.15) is 0 Å². The van der Waals surface area contributed by atoms with E-state index in [1.54, 1.807) is 13.8 Å². The first-order valence-electron chi connectivity index (χ1n) is 5.85. The second-order valence-electron chi connectivity index (χ2n) is 5.70. The molecule has 1 saturated carbocycles. The molecular weight excluding hydrogens is 240 g/mol. The van der Waals surface area contributed by atoms with Crippen molar-refractivity contribution < 1.29 is 30.0 Å². The molecule has 1 aliphatic carbocycles. The highest BCUT2D eigenvalue weighted by molar-refractivity contribution is 6.28. The number of aliphatic hydroxyl groups excluding tert-OH is 3. The molecule has 4 atom stereocenters. The average molecular weight is 260 g/mol. The summed E-state index contributed by atoms with van der Waals surface area (Å²) >= 11 is 0. The summed E-state index contributed by atoms with van der Waals surface area (Å²) in [7, 11) is 0. The average Bonchev–Trinajstić information content (AvgIpc) is 2.70. The topological polar surface area (TPSA) is 115 Å². The van der Waals surface area contributed by atoms with Crippen molar-refractivity contribution in [2.24, 2.45) is 11.3 Å². The molecule has 1 aliphatic rings. The van der Waals surface area contributed by atoms with Crippen LogP contribution < -0.4 is 0 Å². The van der Waals surface area contributed by atoms with E-state index >= 15 is 0 Å². The summed E-state index contributed by atoms with van der Waals surface area (Å²) in [6, 6.07) is 0. The number of aliphatic hydroxyl groups is 4. The van der Waals surface area contributed by atoms with Crippen LogP contribution in [0.3, 0.4) is 0 Å². The molecule has 0 radical (unpaired) electrons. The highest BCUT2D eigenvalue weighted by Crippen LogP contribution is 2.52. The van der Waals surface area contributed by atoms with Crippen LogP contribution in [0.5, 0.6) is 0 Å². The zero-order chi connectivity index (χ0) is 14.5. The van der Waals surface area contributed by atoms with Gasteiger partial charge in [0.05, 0.1) is 11.5 Å². The van der Waals surface area contributed by atoms with Gasteiger partial charge in [0.1, 0.15) is 12.2 Å². The van der Waals surface area contributed by atoms with Gasteiger partial charge in [0, 0.05) is 0 Å². The number of hydrogen-bond acceptors (Lipinski definition) is 6. The van der Waals surface area contributed by atoms with E-state index in [1.165, 1.54) is 13.8 Å². The number of hydrogen-bond donors (Lipinski definition) is 4. The Kier molecular flexibility index (Phi) is 3.71. The first-order chi connectivity index (χ1) is 7.99. The minimum absolute atomic E-state index is 0.375. The lowest BCUT2D eigenvalue weighted by Crippen LogP contribution is -2.50. The quantitative estimate of drug-likeness (QED) is 0.454. The molecule has 1 fully saturated rings. The summed E-state index contributed by atoms with van der Waals surface area (Å²) in [6.07, 6.45) is -5.03. The van der Waals surface area contributed by atoms with Crippen molar-refractivity contribution in [2.75, 3.05) is 0 Å². The summed E-state index contributed by atoms with van der Waals surface area (Å²) in [5.41, 5.74) is -3.52. The Morgan fingerprint density at radius 3 is 1.78 bits per heavy atom. The van der Waals surface area contributed by atoms with Crippen molar-refractivity contribution in [2.45, 2.75) is 51.6 Å². The van der Waals surface area contributed by atoms with Gasteiger partial charge in [0.15, 0.2) is 11.4 Å². The smallest absolute Gasteiger partial charge is 0.204 e. The SMILES string of the molecule is CC(C)C(O)[C@@H](O)[C@@H](O)C(=O)[C@]1(O)C(=O)C1(C)C. The molecule has 0 aromatic rings. The number of rotatable bonds is 5. The molecule has 0 saturated heterocycles. The number of Topliss-reactive ketones (excluding diaryl/α,β-unsaturated/α-hetero) is 2. The fourth-order valence-electron chi connectivity index (χ4n) is 1.97. The number of ketones is 2. The Balaban J connectivity index is 2.84. The lowest BCUT2D eigenvalue weighted by atomic mass is 9.91. The van der Waals surface area contributed by atoms with Crippen LogP contribution in [0.2, 0.25) is 0 Å². The second kappa shape index (κ2) is 4.38. The third-order valence-electron chi connectivity index (χ3n) is 3.72. The van der Waals surface area contributed by atoms with Gasteiger partial charge in [-0.3, -0.25) is 9.59 Å².